The Bertz CT molecular complexity index is 669. The molecule has 1 aromatic rings. The third-order valence-electron chi connectivity index (χ3n) is 4.91. The zero-order valence-corrected chi connectivity index (χ0v) is 20.3. The second kappa shape index (κ2) is 13.6. The maximum Gasteiger partial charge on any atom is 0.253 e. The fraction of sp³-hybridized carbons (Fsp3) is 0.545. The van der Waals surface area contributed by atoms with Crippen LogP contribution in [-0.4, -0.2) is 74.5 Å². The molecule has 0 aromatic heterocycles. The summed E-state index contributed by atoms with van der Waals surface area (Å²) < 4.78 is 0. The van der Waals surface area contributed by atoms with Crippen molar-refractivity contribution in [1.29, 1.82) is 0 Å². The number of amides is 1. The van der Waals surface area contributed by atoms with Gasteiger partial charge in [-0.05, 0) is 43.9 Å². The van der Waals surface area contributed by atoms with Crippen LogP contribution in [0.5, 0.6) is 0 Å². The molecular weight excluding hydrogens is 477 g/mol. The van der Waals surface area contributed by atoms with E-state index in [4.69, 9.17) is 4.99 Å². The summed E-state index contributed by atoms with van der Waals surface area (Å²) in [6, 6.07) is 8.28. The zero-order valence-electron chi connectivity index (χ0n) is 18.0. The van der Waals surface area contributed by atoms with Crippen LogP contribution in [0.4, 0.5) is 0 Å². The third-order valence-corrected chi connectivity index (χ3v) is 4.91. The van der Waals surface area contributed by atoms with Crippen LogP contribution in [0.15, 0.2) is 41.9 Å². The van der Waals surface area contributed by atoms with E-state index < -0.39 is 0 Å². The molecule has 0 bridgehead atoms. The molecule has 0 atom stereocenters. The van der Waals surface area contributed by atoms with Crippen molar-refractivity contribution in [2.45, 2.75) is 32.2 Å². The topological polar surface area (TPSA) is 60.0 Å². The number of guanidine groups is 1. The molecule has 1 amide bonds. The molecule has 1 aliphatic heterocycles. The monoisotopic (exact) mass is 513 g/mol. The predicted octanol–water partition coefficient (Wildman–Crippen LogP) is 2.75. The summed E-state index contributed by atoms with van der Waals surface area (Å²) in [5.74, 6) is 0.911. The Balaban J connectivity index is 0.00000420. The minimum atomic E-state index is 0. The van der Waals surface area contributed by atoms with Crippen molar-refractivity contribution >= 4 is 35.8 Å². The van der Waals surface area contributed by atoms with Gasteiger partial charge in [-0.2, -0.15) is 0 Å². The van der Waals surface area contributed by atoms with E-state index in [0.29, 0.717) is 12.6 Å². The van der Waals surface area contributed by atoms with Crippen LogP contribution in [0.1, 0.15) is 35.7 Å². The van der Waals surface area contributed by atoms with Crippen LogP contribution in [-0.2, 0) is 6.42 Å². The lowest BCUT2D eigenvalue weighted by Gasteiger charge is -2.32. The quantitative estimate of drug-likeness (QED) is 0.243. The Labute approximate surface area is 192 Å². The van der Waals surface area contributed by atoms with Crippen LogP contribution in [0.25, 0.3) is 0 Å². The summed E-state index contributed by atoms with van der Waals surface area (Å²) in [6.45, 7) is 10.6. The van der Waals surface area contributed by atoms with E-state index >= 15 is 0 Å². The second-order valence-electron chi connectivity index (χ2n) is 7.42. The van der Waals surface area contributed by atoms with Crippen LogP contribution in [0.3, 0.4) is 0 Å². The van der Waals surface area contributed by atoms with Gasteiger partial charge in [0, 0.05) is 58.4 Å². The van der Waals surface area contributed by atoms with Gasteiger partial charge in [0.15, 0.2) is 5.96 Å². The number of aliphatic imine (C=N–C) groups is 1. The van der Waals surface area contributed by atoms with E-state index in [9.17, 15) is 4.79 Å². The minimum absolute atomic E-state index is 0. The number of piperidine rings is 1. The van der Waals surface area contributed by atoms with Gasteiger partial charge in [0.25, 0.3) is 5.91 Å². The first-order valence-electron chi connectivity index (χ1n) is 10.2. The number of carbonyl (C=O) groups is 1. The van der Waals surface area contributed by atoms with Crippen molar-refractivity contribution in [3.8, 4) is 0 Å². The van der Waals surface area contributed by atoms with E-state index in [1.165, 1.54) is 0 Å². The Hall–Kier alpha value is -1.61. The van der Waals surface area contributed by atoms with Gasteiger partial charge in [0.05, 0.1) is 0 Å². The number of nitrogens with zero attached hydrogens (tertiary/aromatic N) is 3. The smallest absolute Gasteiger partial charge is 0.253 e. The van der Waals surface area contributed by atoms with Crippen molar-refractivity contribution in [3.05, 3.63) is 48.0 Å². The first-order valence-corrected chi connectivity index (χ1v) is 10.2. The molecule has 1 fully saturated rings. The van der Waals surface area contributed by atoms with Gasteiger partial charge in [-0.25, -0.2) is 0 Å². The number of benzene rings is 1. The lowest BCUT2D eigenvalue weighted by molar-refractivity contribution is 0.0827. The van der Waals surface area contributed by atoms with E-state index in [0.717, 1.165) is 62.5 Å². The summed E-state index contributed by atoms with van der Waals surface area (Å²) in [7, 11) is 3.55. The Morgan fingerprint density at radius 1 is 1.34 bits per heavy atom. The molecule has 2 rings (SSSR count). The van der Waals surface area contributed by atoms with Crippen molar-refractivity contribution in [1.82, 2.24) is 20.4 Å². The van der Waals surface area contributed by atoms with E-state index in [2.05, 4.69) is 35.1 Å². The number of halogens is 1. The molecule has 0 aliphatic carbocycles. The number of hydrogen-bond acceptors (Lipinski definition) is 3. The molecule has 29 heavy (non-hydrogen) atoms. The molecule has 1 saturated heterocycles. The minimum Gasteiger partial charge on any atom is -0.357 e. The van der Waals surface area contributed by atoms with Gasteiger partial charge in [-0.15, -0.1) is 30.6 Å². The number of carbonyl (C=O) groups excluding carboxylic acids is 1. The lowest BCUT2D eigenvalue weighted by atomic mass is 10.1. The Morgan fingerprint density at radius 2 is 2.07 bits per heavy atom. The van der Waals surface area contributed by atoms with E-state index in [-0.39, 0.29) is 29.9 Å². The van der Waals surface area contributed by atoms with Gasteiger partial charge in [0.1, 0.15) is 0 Å². The highest BCUT2D eigenvalue weighted by Crippen LogP contribution is 2.10. The molecule has 0 spiro atoms. The van der Waals surface area contributed by atoms with Gasteiger partial charge in [-0.1, -0.05) is 18.2 Å². The molecule has 1 heterocycles. The van der Waals surface area contributed by atoms with Gasteiger partial charge in [-0.3, -0.25) is 14.7 Å². The molecule has 162 valence electrons. The van der Waals surface area contributed by atoms with E-state index in [1.54, 1.807) is 19.0 Å². The molecular formula is C22H36IN5O. The average molecular weight is 513 g/mol. The van der Waals surface area contributed by atoms with Crippen LogP contribution >= 0.6 is 24.0 Å². The Kier molecular flexibility index (Phi) is 11.9. The molecule has 0 radical (unpaired) electrons. The van der Waals surface area contributed by atoms with Crippen LogP contribution in [0.2, 0.25) is 0 Å². The first kappa shape index (κ1) is 25.4. The molecule has 2 N–H and O–H groups in total. The SMILES string of the molecule is C=CCN1CCC(NC(=NCCc2cccc(C(=O)N(C)C)c2)NCC)CC1.I. The summed E-state index contributed by atoms with van der Waals surface area (Å²) in [4.78, 5) is 20.9. The standard InChI is InChI=1S/C22H35N5O.HI/c1-5-14-27-15-11-20(12-16-27)25-22(23-6-2)24-13-10-18-8-7-9-19(17-18)21(28)26(3)4;/h5,7-9,17,20H,1,6,10-16H2,2-4H3,(H2,23,24,25);1H. The number of rotatable bonds is 8. The normalized spacial score (nSPS) is 15.3. The molecule has 7 heteroatoms. The van der Waals surface area contributed by atoms with Crippen LogP contribution < -0.4 is 10.6 Å². The molecule has 6 nitrogen and oxygen atoms in total. The first-order chi connectivity index (χ1) is 13.5. The largest absolute Gasteiger partial charge is 0.357 e. The summed E-state index contributed by atoms with van der Waals surface area (Å²) >= 11 is 0. The highest BCUT2D eigenvalue weighted by atomic mass is 127. The van der Waals surface area contributed by atoms with Crippen LogP contribution in [0, 0.1) is 0 Å². The highest BCUT2D eigenvalue weighted by molar-refractivity contribution is 14.0. The Morgan fingerprint density at radius 3 is 2.69 bits per heavy atom. The fourth-order valence-corrected chi connectivity index (χ4v) is 3.37. The fourth-order valence-electron chi connectivity index (χ4n) is 3.37. The van der Waals surface area contributed by atoms with Gasteiger partial charge in [0.2, 0.25) is 0 Å². The molecule has 0 unspecified atom stereocenters. The summed E-state index contributed by atoms with van der Waals surface area (Å²) in [5.41, 5.74) is 1.85. The molecule has 1 aromatic carbocycles. The van der Waals surface area contributed by atoms with Crippen molar-refractivity contribution in [2.24, 2.45) is 4.99 Å². The van der Waals surface area contributed by atoms with Crippen molar-refractivity contribution in [2.75, 3.05) is 46.8 Å². The second-order valence-corrected chi connectivity index (χ2v) is 7.42. The maximum atomic E-state index is 12.1. The van der Waals surface area contributed by atoms with Gasteiger partial charge >= 0.3 is 0 Å². The number of nitrogens with one attached hydrogen (secondary N) is 2. The summed E-state index contributed by atoms with van der Waals surface area (Å²) in [5, 5.41) is 6.92. The highest BCUT2D eigenvalue weighted by Gasteiger charge is 2.19. The van der Waals surface area contributed by atoms with E-state index in [1.807, 2.05) is 24.3 Å². The predicted molar refractivity (Wildman–Crippen MR) is 132 cm³/mol. The maximum absolute atomic E-state index is 12.1. The summed E-state index contributed by atoms with van der Waals surface area (Å²) in [6.07, 6.45) is 5.02. The van der Waals surface area contributed by atoms with Crippen molar-refractivity contribution < 1.29 is 4.79 Å². The lowest BCUT2D eigenvalue weighted by Crippen LogP contribution is -2.48. The molecule has 1 aliphatic rings. The third kappa shape index (κ3) is 8.74. The molecule has 0 saturated carbocycles. The van der Waals surface area contributed by atoms with Gasteiger partial charge < -0.3 is 15.5 Å². The van der Waals surface area contributed by atoms with Crippen molar-refractivity contribution in [3.63, 3.8) is 0 Å². The number of likely N-dealkylation sites (tertiary alicyclic amines) is 1. The number of hydrogen-bond donors (Lipinski definition) is 2. The average Bonchev–Trinajstić information content (AvgIpc) is 2.69. The zero-order chi connectivity index (χ0) is 20.4.